The summed E-state index contributed by atoms with van der Waals surface area (Å²) in [6.45, 7) is 2.21. The fourth-order valence-corrected chi connectivity index (χ4v) is 4.75. The van der Waals surface area contributed by atoms with E-state index in [4.69, 9.17) is 10.00 Å². The van der Waals surface area contributed by atoms with Gasteiger partial charge in [-0.05, 0) is 80.8 Å². The van der Waals surface area contributed by atoms with Crippen LogP contribution in [0.1, 0.15) is 81.8 Å². The summed E-state index contributed by atoms with van der Waals surface area (Å²) in [7, 11) is 0. The molecule has 2 aliphatic carbocycles. The number of ether oxygens (including phenoxy) is 1. The van der Waals surface area contributed by atoms with Gasteiger partial charge in [0.1, 0.15) is 6.10 Å². The van der Waals surface area contributed by atoms with Gasteiger partial charge in [0.15, 0.2) is 0 Å². The highest BCUT2D eigenvalue weighted by Gasteiger charge is 2.30. The highest BCUT2D eigenvalue weighted by molar-refractivity contribution is 5.72. The van der Waals surface area contributed by atoms with E-state index in [2.05, 4.69) is 37.3 Å². The molecule has 3 nitrogen and oxygen atoms in total. The zero-order chi connectivity index (χ0) is 19.8. The van der Waals surface area contributed by atoms with Crippen molar-refractivity contribution < 1.29 is 9.53 Å². The fraction of sp³-hybridized carbons (Fsp3) is 0.600. The fourth-order valence-electron chi connectivity index (χ4n) is 4.75. The average molecular weight is 380 g/mol. The molecule has 0 aromatic heterocycles. The second-order valence-electron chi connectivity index (χ2n) is 8.50. The Labute approximate surface area is 169 Å². The largest absolute Gasteiger partial charge is 0.462 e. The van der Waals surface area contributed by atoms with Gasteiger partial charge in [-0.15, -0.1) is 0 Å². The quantitative estimate of drug-likeness (QED) is 0.443. The van der Waals surface area contributed by atoms with Crippen molar-refractivity contribution in [3.05, 3.63) is 47.5 Å². The van der Waals surface area contributed by atoms with Crippen LogP contribution in [0.5, 0.6) is 0 Å². The third kappa shape index (κ3) is 5.71. The Kier molecular flexibility index (Phi) is 7.71. The average Bonchev–Trinajstić information content (AvgIpc) is 2.74. The van der Waals surface area contributed by atoms with Gasteiger partial charge in [-0.3, -0.25) is 4.79 Å². The summed E-state index contributed by atoms with van der Waals surface area (Å²) in [5, 5.41) is 8.63. The highest BCUT2D eigenvalue weighted by Crippen LogP contribution is 2.37. The van der Waals surface area contributed by atoms with E-state index in [1.807, 2.05) is 6.08 Å². The molecule has 0 spiro atoms. The molecule has 3 rings (SSSR count). The van der Waals surface area contributed by atoms with Crippen LogP contribution >= 0.6 is 0 Å². The maximum absolute atomic E-state index is 12.6. The van der Waals surface area contributed by atoms with Gasteiger partial charge in [-0.2, -0.15) is 5.26 Å². The van der Waals surface area contributed by atoms with Crippen LogP contribution in [0.15, 0.2) is 36.4 Å². The van der Waals surface area contributed by atoms with Crippen molar-refractivity contribution in [2.75, 3.05) is 0 Å². The van der Waals surface area contributed by atoms with Crippen molar-refractivity contribution >= 4 is 5.97 Å². The maximum Gasteiger partial charge on any atom is 0.309 e. The van der Waals surface area contributed by atoms with Crippen LogP contribution in [0.25, 0.3) is 0 Å². The van der Waals surface area contributed by atoms with Crippen LogP contribution in [0.2, 0.25) is 0 Å². The number of carbonyl (C=O) groups excluding carboxylic acids is 1. The van der Waals surface area contributed by atoms with Crippen molar-refractivity contribution in [1.82, 2.24) is 0 Å². The number of rotatable bonds is 6. The number of allylic oxidation sites excluding steroid dienone is 2. The third-order valence-corrected chi connectivity index (χ3v) is 6.49. The minimum Gasteiger partial charge on any atom is -0.462 e. The summed E-state index contributed by atoms with van der Waals surface area (Å²) in [6.07, 6.45) is 13.9. The van der Waals surface area contributed by atoms with Gasteiger partial charge in [0, 0.05) is 6.08 Å². The molecule has 0 radical (unpaired) electrons. The molecular weight excluding hydrogens is 346 g/mol. The first-order valence-electron chi connectivity index (χ1n) is 11.0. The van der Waals surface area contributed by atoms with Gasteiger partial charge >= 0.3 is 5.97 Å². The Morgan fingerprint density at radius 2 is 1.75 bits per heavy atom. The summed E-state index contributed by atoms with van der Waals surface area (Å²) >= 11 is 0. The normalized spacial score (nSPS) is 28.0. The zero-order valence-electron chi connectivity index (χ0n) is 17.1. The lowest BCUT2D eigenvalue weighted by molar-refractivity contribution is -0.157. The molecule has 1 aromatic carbocycles. The summed E-state index contributed by atoms with van der Waals surface area (Å²) in [6, 6.07) is 11.2. The van der Waals surface area contributed by atoms with Gasteiger partial charge in [0.05, 0.1) is 12.0 Å². The molecule has 0 unspecified atom stereocenters. The molecule has 0 saturated heterocycles. The van der Waals surface area contributed by atoms with Crippen molar-refractivity contribution in [2.45, 2.75) is 83.2 Å². The van der Waals surface area contributed by atoms with Crippen LogP contribution in [0.4, 0.5) is 0 Å². The molecule has 150 valence electrons. The first-order chi connectivity index (χ1) is 13.7. The van der Waals surface area contributed by atoms with E-state index >= 15 is 0 Å². The molecule has 28 heavy (non-hydrogen) atoms. The van der Waals surface area contributed by atoms with Crippen LogP contribution in [0, 0.1) is 23.2 Å². The van der Waals surface area contributed by atoms with Crippen LogP contribution < -0.4 is 0 Å². The van der Waals surface area contributed by atoms with E-state index in [1.165, 1.54) is 17.5 Å². The number of aryl methyl sites for hydroxylation is 1. The molecule has 3 heteroatoms. The number of benzene rings is 1. The predicted molar refractivity (Wildman–Crippen MR) is 112 cm³/mol. The van der Waals surface area contributed by atoms with Crippen LogP contribution in [-0.4, -0.2) is 12.1 Å². The van der Waals surface area contributed by atoms with E-state index in [1.54, 1.807) is 6.08 Å². The molecule has 0 bridgehead atoms. The van der Waals surface area contributed by atoms with Crippen molar-refractivity contribution in [2.24, 2.45) is 11.8 Å². The molecule has 0 aliphatic heterocycles. The van der Waals surface area contributed by atoms with Crippen LogP contribution in [0.3, 0.4) is 0 Å². The van der Waals surface area contributed by atoms with E-state index in [0.717, 1.165) is 57.8 Å². The molecule has 0 amide bonds. The molecule has 0 atom stereocenters. The standard InChI is InChI=1S/C25H33NO2/c1-2-4-19-6-10-21(11-7-19)22-12-14-23(15-13-22)25(27)28-24-16-8-20(9-17-24)5-3-18-26/h3,5-7,10-11,20,22-24H,2,4,8-9,12-17H2,1H3/t20-,22-,23-,24-. The lowest BCUT2D eigenvalue weighted by Gasteiger charge is -2.31. The summed E-state index contributed by atoms with van der Waals surface area (Å²) in [5.41, 5.74) is 2.84. The van der Waals surface area contributed by atoms with Crippen molar-refractivity contribution in [1.29, 1.82) is 5.26 Å². The molecule has 2 fully saturated rings. The predicted octanol–water partition coefficient (Wildman–Crippen LogP) is 6.09. The lowest BCUT2D eigenvalue weighted by atomic mass is 9.78. The minimum atomic E-state index is 0.0211. The van der Waals surface area contributed by atoms with Crippen LogP contribution in [-0.2, 0) is 16.0 Å². The Hall–Kier alpha value is -2.08. The first kappa shape index (κ1) is 20.6. The number of carbonyl (C=O) groups is 1. The monoisotopic (exact) mass is 379 g/mol. The number of hydrogen-bond acceptors (Lipinski definition) is 3. The zero-order valence-corrected chi connectivity index (χ0v) is 17.1. The van der Waals surface area contributed by atoms with Gasteiger partial charge in [0.25, 0.3) is 0 Å². The Bertz CT molecular complexity index is 684. The summed E-state index contributed by atoms with van der Waals surface area (Å²) in [4.78, 5) is 12.6. The Balaban J connectivity index is 1.41. The van der Waals surface area contributed by atoms with E-state index in [0.29, 0.717) is 11.8 Å². The molecule has 0 N–H and O–H groups in total. The molecular formula is C25H33NO2. The Morgan fingerprint density at radius 1 is 1.07 bits per heavy atom. The van der Waals surface area contributed by atoms with Gasteiger partial charge in [-0.1, -0.05) is 43.7 Å². The second kappa shape index (κ2) is 10.5. The van der Waals surface area contributed by atoms with Crippen molar-refractivity contribution in [3.63, 3.8) is 0 Å². The van der Waals surface area contributed by atoms with Gasteiger partial charge in [0.2, 0.25) is 0 Å². The summed E-state index contributed by atoms with van der Waals surface area (Å²) < 4.78 is 5.84. The number of hydrogen-bond donors (Lipinski definition) is 0. The number of esters is 1. The van der Waals surface area contributed by atoms with Gasteiger partial charge < -0.3 is 4.74 Å². The molecule has 1 aromatic rings. The summed E-state index contributed by atoms with van der Waals surface area (Å²) in [5.74, 6) is 1.15. The lowest BCUT2D eigenvalue weighted by Crippen LogP contribution is -2.29. The smallest absolute Gasteiger partial charge is 0.309 e. The van der Waals surface area contributed by atoms with E-state index in [9.17, 15) is 4.79 Å². The topological polar surface area (TPSA) is 50.1 Å². The highest BCUT2D eigenvalue weighted by atomic mass is 16.5. The first-order valence-corrected chi connectivity index (χ1v) is 11.0. The second-order valence-corrected chi connectivity index (χ2v) is 8.50. The number of nitrogens with zero attached hydrogens (tertiary/aromatic N) is 1. The third-order valence-electron chi connectivity index (χ3n) is 6.49. The van der Waals surface area contributed by atoms with E-state index < -0.39 is 0 Å². The number of nitriles is 1. The SMILES string of the molecule is CCCc1ccc([C@H]2CC[C@H](C(=O)O[C@H]3CC[C@H](C=CC#N)CC3)CC2)cc1. The molecule has 2 saturated carbocycles. The maximum atomic E-state index is 12.6. The van der Waals surface area contributed by atoms with Crippen molar-refractivity contribution in [3.8, 4) is 6.07 Å². The van der Waals surface area contributed by atoms with Gasteiger partial charge in [-0.25, -0.2) is 0 Å². The molecule has 0 heterocycles. The molecule has 2 aliphatic rings. The van der Waals surface area contributed by atoms with E-state index in [-0.39, 0.29) is 18.0 Å². The minimum absolute atomic E-state index is 0.0211. The Morgan fingerprint density at radius 3 is 2.36 bits per heavy atom.